The summed E-state index contributed by atoms with van der Waals surface area (Å²) >= 11 is 0. The molecule has 3 aliphatic heterocycles. The van der Waals surface area contributed by atoms with Gasteiger partial charge in [0.25, 0.3) is 5.91 Å². The Morgan fingerprint density at radius 1 is 1.15 bits per heavy atom. The fourth-order valence-corrected chi connectivity index (χ4v) is 4.59. The van der Waals surface area contributed by atoms with Crippen LogP contribution in [-0.2, 0) is 19.1 Å². The largest absolute Gasteiger partial charge is 0.348 e. The zero-order valence-corrected chi connectivity index (χ0v) is 14.9. The van der Waals surface area contributed by atoms with Crippen molar-refractivity contribution in [1.29, 1.82) is 0 Å². The topological polar surface area (TPSA) is 88.2 Å². The van der Waals surface area contributed by atoms with Crippen molar-refractivity contribution >= 4 is 17.8 Å². The van der Waals surface area contributed by atoms with Crippen LogP contribution in [0.15, 0.2) is 12.7 Å². The maximum Gasteiger partial charge on any atom is 0.325 e. The Hall–Kier alpha value is -1.93. The second-order valence-corrected chi connectivity index (χ2v) is 7.69. The molecule has 8 heteroatoms. The van der Waals surface area contributed by atoms with Gasteiger partial charge in [-0.15, -0.1) is 6.58 Å². The Balaban J connectivity index is 1.40. The van der Waals surface area contributed by atoms with Crippen molar-refractivity contribution in [3.05, 3.63) is 12.7 Å². The summed E-state index contributed by atoms with van der Waals surface area (Å²) in [5.41, 5.74) is -0.846. The first-order valence-corrected chi connectivity index (χ1v) is 9.28. The quantitative estimate of drug-likeness (QED) is 0.585. The average Bonchev–Trinajstić information content (AvgIpc) is 3.27. The molecule has 4 amide bonds. The van der Waals surface area contributed by atoms with Crippen LogP contribution in [0, 0.1) is 5.92 Å². The van der Waals surface area contributed by atoms with Crippen LogP contribution >= 0.6 is 0 Å². The summed E-state index contributed by atoms with van der Waals surface area (Å²) < 4.78 is 11.4. The molecule has 4 aliphatic rings. The van der Waals surface area contributed by atoms with Crippen LogP contribution in [0.25, 0.3) is 0 Å². The third-order valence-electron chi connectivity index (χ3n) is 6.01. The van der Waals surface area contributed by atoms with Crippen molar-refractivity contribution in [2.24, 2.45) is 5.92 Å². The molecule has 0 aromatic rings. The lowest BCUT2D eigenvalue weighted by Gasteiger charge is -2.39. The maximum atomic E-state index is 13.0. The van der Waals surface area contributed by atoms with Gasteiger partial charge in [-0.1, -0.05) is 6.08 Å². The molecular formula is C18H25N3O5. The minimum Gasteiger partial charge on any atom is -0.348 e. The number of ether oxygens (including phenoxy) is 2. The van der Waals surface area contributed by atoms with Gasteiger partial charge < -0.3 is 19.7 Å². The first-order chi connectivity index (χ1) is 12.5. The second-order valence-electron chi connectivity index (χ2n) is 7.69. The highest BCUT2D eigenvalue weighted by Gasteiger charge is 2.56. The molecular weight excluding hydrogens is 338 g/mol. The van der Waals surface area contributed by atoms with Gasteiger partial charge in [0.15, 0.2) is 5.79 Å². The van der Waals surface area contributed by atoms with Gasteiger partial charge in [-0.3, -0.25) is 14.5 Å². The molecule has 4 fully saturated rings. The number of nitrogens with zero attached hydrogens (tertiary/aromatic N) is 2. The SMILES string of the molecule is C=CCN1CC(CN2C(=O)NC3(CCC4(CC3)OCCO4)C2=O)CC1=O. The van der Waals surface area contributed by atoms with Gasteiger partial charge in [0.1, 0.15) is 5.54 Å². The molecule has 0 aromatic carbocycles. The molecule has 1 saturated carbocycles. The van der Waals surface area contributed by atoms with Crippen LogP contribution in [0.4, 0.5) is 4.79 Å². The van der Waals surface area contributed by atoms with Crippen LogP contribution in [0.2, 0.25) is 0 Å². The highest BCUT2D eigenvalue weighted by Crippen LogP contribution is 2.42. The second kappa shape index (κ2) is 6.35. The maximum absolute atomic E-state index is 13.0. The first kappa shape index (κ1) is 17.5. The van der Waals surface area contributed by atoms with Crippen LogP contribution in [0.1, 0.15) is 32.1 Å². The number of imide groups is 1. The number of urea groups is 1. The third-order valence-corrected chi connectivity index (χ3v) is 6.01. The Morgan fingerprint density at radius 3 is 2.50 bits per heavy atom. The van der Waals surface area contributed by atoms with Crippen molar-refractivity contribution in [2.45, 2.75) is 43.4 Å². The van der Waals surface area contributed by atoms with Crippen LogP contribution in [-0.4, -0.2) is 71.8 Å². The summed E-state index contributed by atoms with van der Waals surface area (Å²) in [7, 11) is 0. The van der Waals surface area contributed by atoms with Crippen molar-refractivity contribution in [1.82, 2.24) is 15.1 Å². The molecule has 2 spiro atoms. The molecule has 3 saturated heterocycles. The van der Waals surface area contributed by atoms with E-state index in [1.165, 1.54) is 4.90 Å². The van der Waals surface area contributed by atoms with E-state index in [1.54, 1.807) is 11.0 Å². The van der Waals surface area contributed by atoms with E-state index in [9.17, 15) is 14.4 Å². The van der Waals surface area contributed by atoms with E-state index < -0.39 is 11.3 Å². The van der Waals surface area contributed by atoms with Gasteiger partial charge in [-0.2, -0.15) is 0 Å². The molecule has 1 N–H and O–H groups in total. The zero-order valence-electron chi connectivity index (χ0n) is 14.9. The Kier molecular flexibility index (Phi) is 4.27. The number of hydrogen-bond acceptors (Lipinski definition) is 5. The summed E-state index contributed by atoms with van der Waals surface area (Å²) in [6.45, 7) is 6.15. The number of nitrogens with one attached hydrogen (secondary N) is 1. The minimum atomic E-state index is -0.846. The van der Waals surface area contributed by atoms with Crippen LogP contribution in [0.3, 0.4) is 0 Å². The summed E-state index contributed by atoms with van der Waals surface area (Å²) in [5.74, 6) is -0.729. The Labute approximate surface area is 152 Å². The summed E-state index contributed by atoms with van der Waals surface area (Å²) in [6.07, 6.45) is 4.28. The van der Waals surface area contributed by atoms with Gasteiger partial charge in [0.05, 0.1) is 13.2 Å². The molecule has 3 heterocycles. The first-order valence-electron chi connectivity index (χ1n) is 9.28. The number of amides is 4. The predicted octanol–water partition coefficient (Wildman–Crippen LogP) is 0.629. The molecule has 1 atom stereocenters. The normalized spacial score (nSPS) is 29.8. The van der Waals surface area contributed by atoms with Gasteiger partial charge in [-0.25, -0.2) is 4.79 Å². The van der Waals surface area contributed by atoms with Crippen molar-refractivity contribution in [3.8, 4) is 0 Å². The predicted molar refractivity (Wildman–Crippen MR) is 91.0 cm³/mol. The van der Waals surface area contributed by atoms with Crippen molar-refractivity contribution in [3.63, 3.8) is 0 Å². The van der Waals surface area contributed by atoms with Gasteiger partial charge >= 0.3 is 6.03 Å². The molecule has 8 nitrogen and oxygen atoms in total. The lowest BCUT2D eigenvalue weighted by atomic mass is 9.78. The standard InChI is InChI=1S/C18H25N3O5/c1-2-7-20-11-13(10-14(20)22)12-21-15(23)17(19-16(21)24)3-5-18(6-4-17)25-8-9-26-18/h2,13H,1,3-12H2,(H,19,24). The van der Waals surface area contributed by atoms with Crippen LogP contribution < -0.4 is 5.32 Å². The molecule has 4 rings (SSSR count). The van der Waals surface area contributed by atoms with E-state index in [0.717, 1.165) is 0 Å². The molecule has 1 unspecified atom stereocenters. The molecule has 142 valence electrons. The number of rotatable bonds is 4. The molecule has 0 aromatic heterocycles. The highest BCUT2D eigenvalue weighted by atomic mass is 16.7. The zero-order chi connectivity index (χ0) is 18.4. The highest BCUT2D eigenvalue weighted by molar-refractivity contribution is 6.07. The van der Waals surface area contributed by atoms with Gasteiger partial charge in [-0.05, 0) is 12.8 Å². The number of carbonyl (C=O) groups excluding carboxylic acids is 3. The van der Waals surface area contributed by atoms with E-state index in [-0.39, 0.29) is 30.3 Å². The summed E-state index contributed by atoms with van der Waals surface area (Å²) in [6, 6.07) is -0.353. The molecule has 0 bridgehead atoms. The molecule has 0 radical (unpaired) electrons. The van der Waals surface area contributed by atoms with E-state index in [2.05, 4.69) is 11.9 Å². The Bertz CT molecular complexity index is 633. The Morgan fingerprint density at radius 2 is 1.85 bits per heavy atom. The lowest BCUT2D eigenvalue weighted by Crippen LogP contribution is -2.53. The monoisotopic (exact) mass is 363 g/mol. The lowest BCUT2D eigenvalue weighted by molar-refractivity contribution is -0.186. The summed E-state index contributed by atoms with van der Waals surface area (Å²) in [4.78, 5) is 40.5. The smallest absolute Gasteiger partial charge is 0.325 e. The number of likely N-dealkylation sites (tertiary alicyclic amines) is 1. The van der Waals surface area contributed by atoms with E-state index in [4.69, 9.17) is 9.47 Å². The number of carbonyl (C=O) groups is 3. The number of hydrogen-bond donors (Lipinski definition) is 1. The fourth-order valence-electron chi connectivity index (χ4n) is 4.59. The van der Waals surface area contributed by atoms with Crippen LogP contribution in [0.5, 0.6) is 0 Å². The summed E-state index contributed by atoms with van der Waals surface area (Å²) in [5, 5.41) is 2.91. The van der Waals surface area contributed by atoms with E-state index in [1.807, 2.05) is 0 Å². The fraction of sp³-hybridized carbons (Fsp3) is 0.722. The van der Waals surface area contributed by atoms with Gasteiger partial charge in [0.2, 0.25) is 5.91 Å². The van der Waals surface area contributed by atoms with Crippen molar-refractivity contribution in [2.75, 3.05) is 32.8 Å². The average molecular weight is 363 g/mol. The molecule has 1 aliphatic carbocycles. The van der Waals surface area contributed by atoms with Gasteiger partial charge in [0, 0.05) is 44.8 Å². The van der Waals surface area contributed by atoms with E-state index in [0.29, 0.717) is 58.4 Å². The third kappa shape index (κ3) is 2.81. The van der Waals surface area contributed by atoms with E-state index >= 15 is 0 Å². The molecule has 26 heavy (non-hydrogen) atoms. The minimum absolute atomic E-state index is 0.0243. The van der Waals surface area contributed by atoms with Crippen molar-refractivity contribution < 1.29 is 23.9 Å².